The predicted octanol–water partition coefficient (Wildman–Crippen LogP) is 4.98. The van der Waals surface area contributed by atoms with Crippen LogP contribution in [0.5, 0.6) is 0 Å². The van der Waals surface area contributed by atoms with Gasteiger partial charge in [0.2, 0.25) is 5.91 Å². The molecule has 26 heavy (non-hydrogen) atoms. The van der Waals surface area contributed by atoms with E-state index in [9.17, 15) is 9.59 Å². The molecule has 1 heterocycles. The van der Waals surface area contributed by atoms with Gasteiger partial charge in [0.1, 0.15) is 5.60 Å². The van der Waals surface area contributed by atoms with Crippen LogP contribution in [0.15, 0.2) is 12.7 Å². The number of nitrogens with zero attached hydrogens (tertiary/aromatic N) is 1. The van der Waals surface area contributed by atoms with Crippen LogP contribution in [0.1, 0.15) is 55.4 Å². The largest absolute Gasteiger partial charge is 0.441 e. The second-order valence-corrected chi connectivity index (χ2v) is 14.5. The Morgan fingerprint density at radius 2 is 1.81 bits per heavy atom. The number of rotatable bonds is 6. The molecule has 0 aliphatic carbocycles. The van der Waals surface area contributed by atoms with Crippen LogP contribution in [0.2, 0.25) is 18.1 Å². The molecular formula is C20H37NO4Si. The van der Waals surface area contributed by atoms with E-state index in [2.05, 4.69) is 40.4 Å². The topological polar surface area (TPSA) is 55.8 Å². The molecule has 1 rings (SSSR count). The van der Waals surface area contributed by atoms with Crippen molar-refractivity contribution in [2.75, 3.05) is 0 Å². The molecule has 0 unspecified atom stereocenters. The zero-order valence-electron chi connectivity index (χ0n) is 18.2. The smallest absolute Gasteiger partial charge is 0.417 e. The SMILES string of the molecule is C=C[C@@H](C(=O)N1C(=O)OC(C)(C)[C@H]1C(C)C)[C@@H](C)O[Si](C)(C)C(C)(C)C. The minimum atomic E-state index is -2.05. The molecule has 1 aliphatic heterocycles. The van der Waals surface area contributed by atoms with Gasteiger partial charge in [0.25, 0.3) is 0 Å². The molecule has 0 spiro atoms. The fourth-order valence-electron chi connectivity index (χ4n) is 3.46. The molecule has 0 saturated carbocycles. The lowest BCUT2D eigenvalue weighted by Crippen LogP contribution is -2.52. The van der Waals surface area contributed by atoms with Crippen LogP contribution in [-0.2, 0) is 14.0 Å². The minimum absolute atomic E-state index is 0.0328. The van der Waals surface area contributed by atoms with Crippen LogP contribution in [0.3, 0.4) is 0 Å². The van der Waals surface area contributed by atoms with Gasteiger partial charge in [-0.15, -0.1) is 6.58 Å². The van der Waals surface area contributed by atoms with Crippen molar-refractivity contribution in [3.63, 3.8) is 0 Å². The molecule has 3 atom stereocenters. The Morgan fingerprint density at radius 3 is 2.19 bits per heavy atom. The molecule has 0 radical (unpaired) electrons. The maximum atomic E-state index is 13.3. The molecule has 5 nitrogen and oxygen atoms in total. The molecule has 0 N–H and O–H groups in total. The second kappa shape index (κ2) is 7.47. The van der Waals surface area contributed by atoms with E-state index in [0.29, 0.717) is 0 Å². The lowest BCUT2D eigenvalue weighted by Gasteiger charge is -2.40. The van der Waals surface area contributed by atoms with Crippen molar-refractivity contribution in [1.82, 2.24) is 4.90 Å². The number of hydrogen-bond acceptors (Lipinski definition) is 4. The van der Waals surface area contributed by atoms with E-state index in [-0.39, 0.29) is 29.0 Å². The van der Waals surface area contributed by atoms with Crippen molar-refractivity contribution in [3.05, 3.63) is 12.7 Å². The van der Waals surface area contributed by atoms with Gasteiger partial charge in [-0.3, -0.25) is 4.79 Å². The highest BCUT2D eigenvalue weighted by Crippen LogP contribution is 2.39. The molecule has 1 saturated heterocycles. The van der Waals surface area contributed by atoms with E-state index in [4.69, 9.17) is 9.16 Å². The van der Waals surface area contributed by atoms with Crippen LogP contribution in [0.25, 0.3) is 0 Å². The summed E-state index contributed by atoms with van der Waals surface area (Å²) in [6, 6.07) is -0.315. The fraction of sp³-hybridized carbons (Fsp3) is 0.800. The first-order valence-electron chi connectivity index (χ1n) is 9.43. The van der Waals surface area contributed by atoms with E-state index in [1.807, 2.05) is 34.6 Å². The lowest BCUT2D eigenvalue weighted by atomic mass is 9.88. The molecular weight excluding hydrogens is 346 g/mol. The van der Waals surface area contributed by atoms with E-state index < -0.39 is 25.9 Å². The maximum Gasteiger partial charge on any atom is 0.417 e. The molecule has 0 aromatic rings. The zero-order chi connectivity index (χ0) is 20.7. The first-order chi connectivity index (χ1) is 11.6. The third-order valence-corrected chi connectivity index (χ3v) is 10.3. The molecule has 6 heteroatoms. The Bertz CT molecular complexity index is 563. The number of imide groups is 1. The quantitative estimate of drug-likeness (QED) is 0.479. The van der Waals surface area contributed by atoms with E-state index in [0.717, 1.165) is 0 Å². The van der Waals surface area contributed by atoms with E-state index in [1.54, 1.807) is 6.08 Å². The maximum absolute atomic E-state index is 13.3. The molecule has 2 amide bonds. The Labute approximate surface area is 160 Å². The number of ether oxygens (including phenoxy) is 1. The summed E-state index contributed by atoms with van der Waals surface area (Å²) in [5.74, 6) is -0.796. The molecule has 0 bridgehead atoms. The summed E-state index contributed by atoms with van der Waals surface area (Å²) >= 11 is 0. The van der Waals surface area contributed by atoms with Gasteiger partial charge in [-0.2, -0.15) is 0 Å². The first-order valence-corrected chi connectivity index (χ1v) is 12.3. The van der Waals surface area contributed by atoms with Gasteiger partial charge in [-0.05, 0) is 44.8 Å². The number of amides is 2. The normalized spacial score (nSPS) is 23.0. The second-order valence-electron chi connectivity index (χ2n) is 9.71. The molecule has 1 aliphatic rings. The standard InChI is InChI=1S/C20H37NO4Si/c1-12-15(14(4)25-26(10,11)19(5,6)7)17(22)21-16(13(2)3)20(8,9)24-18(21)23/h12-16H,1H2,2-11H3/t14-,15-,16-/m1/s1. The third-order valence-electron chi connectivity index (χ3n) is 5.74. The monoisotopic (exact) mass is 383 g/mol. The van der Waals surface area contributed by atoms with Crippen molar-refractivity contribution >= 4 is 20.3 Å². The van der Waals surface area contributed by atoms with Crippen LogP contribution in [0.4, 0.5) is 4.79 Å². The number of carbonyl (C=O) groups excluding carboxylic acids is 2. The summed E-state index contributed by atoms with van der Waals surface area (Å²) < 4.78 is 11.9. The fourth-order valence-corrected chi connectivity index (χ4v) is 4.89. The van der Waals surface area contributed by atoms with Gasteiger partial charge in [-0.1, -0.05) is 40.7 Å². The van der Waals surface area contributed by atoms with Crippen LogP contribution in [-0.4, -0.2) is 43.0 Å². The van der Waals surface area contributed by atoms with Crippen molar-refractivity contribution in [2.45, 2.75) is 91.3 Å². The van der Waals surface area contributed by atoms with Gasteiger partial charge >= 0.3 is 6.09 Å². The highest BCUT2D eigenvalue weighted by molar-refractivity contribution is 6.74. The van der Waals surface area contributed by atoms with E-state index in [1.165, 1.54) is 4.90 Å². The van der Waals surface area contributed by atoms with E-state index >= 15 is 0 Å². The summed E-state index contributed by atoms with van der Waals surface area (Å²) in [5, 5.41) is 0.0328. The number of carbonyl (C=O) groups is 2. The van der Waals surface area contributed by atoms with Crippen molar-refractivity contribution in [2.24, 2.45) is 11.8 Å². The molecule has 0 aromatic heterocycles. The summed E-state index contributed by atoms with van der Waals surface area (Å²) in [4.78, 5) is 27.0. The Morgan fingerprint density at radius 1 is 1.31 bits per heavy atom. The molecule has 1 fully saturated rings. The van der Waals surface area contributed by atoms with Crippen LogP contribution >= 0.6 is 0 Å². The molecule has 0 aromatic carbocycles. The summed E-state index contributed by atoms with van der Waals surface area (Å²) in [5.41, 5.74) is -0.712. The van der Waals surface area contributed by atoms with Gasteiger partial charge < -0.3 is 9.16 Å². The van der Waals surface area contributed by atoms with Crippen molar-refractivity contribution in [1.29, 1.82) is 0 Å². The Kier molecular flexibility index (Phi) is 6.58. The van der Waals surface area contributed by atoms with Gasteiger partial charge in [-0.25, -0.2) is 9.69 Å². The van der Waals surface area contributed by atoms with Crippen LogP contribution < -0.4 is 0 Å². The average Bonchev–Trinajstić information content (AvgIpc) is 2.66. The highest BCUT2D eigenvalue weighted by Gasteiger charge is 2.53. The number of hydrogen-bond donors (Lipinski definition) is 0. The summed E-state index contributed by atoms with van der Waals surface area (Å²) in [7, 11) is -2.05. The highest BCUT2D eigenvalue weighted by atomic mass is 28.4. The third kappa shape index (κ3) is 4.39. The molecule has 150 valence electrons. The zero-order valence-corrected chi connectivity index (χ0v) is 19.2. The van der Waals surface area contributed by atoms with Gasteiger partial charge in [0.15, 0.2) is 8.32 Å². The predicted molar refractivity (Wildman–Crippen MR) is 107 cm³/mol. The average molecular weight is 384 g/mol. The minimum Gasteiger partial charge on any atom is -0.441 e. The van der Waals surface area contributed by atoms with Crippen molar-refractivity contribution < 1.29 is 18.8 Å². The van der Waals surface area contributed by atoms with Gasteiger partial charge in [0, 0.05) is 0 Å². The lowest BCUT2D eigenvalue weighted by molar-refractivity contribution is -0.135. The van der Waals surface area contributed by atoms with Gasteiger partial charge in [0.05, 0.1) is 18.1 Å². The Hall–Kier alpha value is -1.14. The first kappa shape index (κ1) is 22.9. The Balaban J connectivity index is 3.12. The number of cyclic esters (lactones) is 1. The van der Waals surface area contributed by atoms with Crippen molar-refractivity contribution in [3.8, 4) is 0 Å². The van der Waals surface area contributed by atoms with Crippen LogP contribution in [0, 0.1) is 11.8 Å². The summed E-state index contributed by atoms with van der Waals surface area (Å²) in [6.45, 7) is 24.2. The summed E-state index contributed by atoms with van der Waals surface area (Å²) in [6.07, 6.45) is 0.658.